The van der Waals surface area contributed by atoms with Crippen LogP contribution in [0.1, 0.15) is 42.7 Å². The number of para-hydroxylation sites is 1. The van der Waals surface area contributed by atoms with Crippen LogP contribution in [-0.4, -0.2) is 59.9 Å². The first-order valence-electron chi connectivity index (χ1n) is 12.9. The van der Waals surface area contributed by atoms with Crippen molar-refractivity contribution >= 4 is 16.9 Å². The standard InChI is InChI=1S/C29H37F2N3O3/c1-19-22(24(31)9-10-27(19)37-14-13-32-12-6-11-30)15-20-16-23-21-7-4-5-8-25(21)33-26(23)17-34(20)18-29(2,3)28(35)36/h4-5,7-10,20,32-33H,6,11-18H2,1-3H3,(H,35,36)/t20-/m0/s1. The number of carbonyl (C=O) groups is 1. The lowest BCUT2D eigenvalue weighted by Gasteiger charge is -2.39. The second-order valence-electron chi connectivity index (χ2n) is 10.6. The lowest BCUT2D eigenvalue weighted by Crippen LogP contribution is -2.48. The van der Waals surface area contributed by atoms with E-state index in [1.165, 1.54) is 11.6 Å². The van der Waals surface area contributed by atoms with Crippen molar-refractivity contribution in [1.82, 2.24) is 15.2 Å². The van der Waals surface area contributed by atoms with Gasteiger partial charge in [0.15, 0.2) is 0 Å². The highest BCUT2D eigenvalue weighted by Crippen LogP contribution is 2.35. The molecule has 0 amide bonds. The highest BCUT2D eigenvalue weighted by molar-refractivity contribution is 5.85. The molecule has 2 aromatic carbocycles. The Hall–Kier alpha value is -2.97. The van der Waals surface area contributed by atoms with Crippen molar-refractivity contribution in [3.8, 4) is 5.75 Å². The number of halogens is 2. The summed E-state index contributed by atoms with van der Waals surface area (Å²) in [5.41, 5.74) is 3.77. The Balaban J connectivity index is 1.58. The van der Waals surface area contributed by atoms with Gasteiger partial charge in [-0.3, -0.25) is 14.1 Å². The van der Waals surface area contributed by atoms with E-state index in [-0.39, 0.29) is 18.5 Å². The lowest BCUT2D eigenvalue weighted by molar-refractivity contribution is -0.148. The van der Waals surface area contributed by atoms with Gasteiger partial charge in [-0.05, 0) is 81.5 Å². The summed E-state index contributed by atoms with van der Waals surface area (Å²) in [6, 6.07) is 11.2. The number of ether oxygens (including phenoxy) is 1. The number of nitrogens with one attached hydrogen (secondary N) is 2. The molecule has 0 spiro atoms. The summed E-state index contributed by atoms with van der Waals surface area (Å²) in [5, 5.41) is 14.1. The Morgan fingerprint density at radius 2 is 2.03 bits per heavy atom. The van der Waals surface area contributed by atoms with Crippen LogP contribution in [-0.2, 0) is 24.2 Å². The Morgan fingerprint density at radius 1 is 1.24 bits per heavy atom. The van der Waals surface area contributed by atoms with Gasteiger partial charge in [-0.1, -0.05) is 18.2 Å². The van der Waals surface area contributed by atoms with Crippen molar-refractivity contribution in [2.75, 3.05) is 32.9 Å². The van der Waals surface area contributed by atoms with E-state index in [1.54, 1.807) is 19.9 Å². The molecule has 0 saturated heterocycles. The molecule has 1 aliphatic heterocycles. The predicted octanol–water partition coefficient (Wildman–Crippen LogP) is 5.02. The van der Waals surface area contributed by atoms with Crippen molar-refractivity contribution < 1.29 is 23.4 Å². The quantitative estimate of drug-likeness (QED) is 0.297. The molecule has 0 fully saturated rings. The number of carboxylic acid groups (broad SMARTS) is 1. The van der Waals surface area contributed by atoms with Gasteiger partial charge in [-0.2, -0.15) is 0 Å². The average Bonchev–Trinajstić information content (AvgIpc) is 3.22. The minimum atomic E-state index is -0.949. The van der Waals surface area contributed by atoms with Crippen molar-refractivity contribution in [3.05, 3.63) is 64.6 Å². The van der Waals surface area contributed by atoms with Crippen LogP contribution in [0.2, 0.25) is 0 Å². The van der Waals surface area contributed by atoms with E-state index in [0.29, 0.717) is 63.4 Å². The molecule has 0 bridgehead atoms. The number of aromatic nitrogens is 1. The first-order chi connectivity index (χ1) is 17.7. The average molecular weight is 514 g/mol. The van der Waals surface area contributed by atoms with Gasteiger partial charge in [0.2, 0.25) is 0 Å². The van der Waals surface area contributed by atoms with Gasteiger partial charge >= 0.3 is 5.97 Å². The summed E-state index contributed by atoms with van der Waals surface area (Å²) < 4.78 is 33.3. The molecule has 1 aliphatic rings. The molecule has 37 heavy (non-hydrogen) atoms. The van der Waals surface area contributed by atoms with E-state index in [0.717, 1.165) is 22.2 Å². The number of H-pyrrole nitrogens is 1. The number of aromatic amines is 1. The zero-order valence-electron chi connectivity index (χ0n) is 21.9. The number of aliphatic carboxylic acids is 1. The number of nitrogens with zero attached hydrogens (tertiary/aromatic N) is 1. The molecule has 0 unspecified atom stereocenters. The zero-order chi connectivity index (χ0) is 26.6. The third-order valence-corrected chi connectivity index (χ3v) is 7.35. The SMILES string of the molecule is Cc1c(OCCNCCCF)ccc(F)c1C[C@H]1Cc2c([nH]c3ccccc23)CN1CC(C)(C)C(=O)O. The van der Waals surface area contributed by atoms with Gasteiger partial charge in [-0.25, -0.2) is 4.39 Å². The predicted molar refractivity (Wildman–Crippen MR) is 141 cm³/mol. The first-order valence-corrected chi connectivity index (χ1v) is 12.9. The van der Waals surface area contributed by atoms with Gasteiger partial charge in [0.25, 0.3) is 0 Å². The minimum Gasteiger partial charge on any atom is -0.492 e. The normalized spacial score (nSPS) is 16.2. The summed E-state index contributed by atoms with van der Waals surface area (Å²) in [5.74, 6) is -0.510. The van der Waals surface area contributed by atoms with Gasteiger partial charge in [0.05, 0.1) is 12.1 Å². The molecule has 3 N–H and O–H groups in total. The van der Waals surface area contributed by atoms with Crippen molar-refractivity contribution in [2.45, 2.75) is 52.6 Å². The summed E-state index contributed by atoms with van der Waals surface area (Å²) >= 11 is 0. The van der Waals surface area contributed by atoms with Crippen LogP contribution < -0.4 is 10.1 Å². The number of carboxylic acids is 1. The third-order valence-electron chi connectivity index (χ3n) is 7.35. The maximum Gasteiger partial charge on any atom is 0.310 e. The van der Waals surface area contributed by atoms with Gasteiger partial charge in [0.1, 0.15) is 18.2 Å². The highest BCUT2D eigenvalue weighted by atomic mass is 19.1. The zero-order valence-corrected chi connectivity index (χ0v) is 21.9. The Labute approximate surface area is 217 Å². The number of hydrogen-bond acceptors (Lipinski definition) is 4. The molecule has 0 radical (unpaired) electrons. The van der Waals surface area contributed by atoms with Crippen LogP contribution in [0.3, 0.4) is 0 Å². The summed E-state index contributed by atoms with van der Waals surface area (Å²) in [4.78, 5) is 17.6. The number of benzene rings is 2. The molecule has 200 valence electrons. The van der Waals surface area contributed by atoms with Crippen LogP contribution in [0, 0.1) is 18.2 Å². The number of rotatable bonds is 12. The summed E-state index contributed by atoms with van der Waals surface area (Å²) in [6.45, 7) is 7.48. The minimum absolute atomic E-state index is 0.0730. The highest BCUT2D eigenvalue weighted by Gasteiger charge is 2.36. The number of fused-ring (bicyclic) bond motifs is 3. The number of alkyl halides is 1. The fourth-order valence-electron chi connectivity index (χ4n) is 5.18. The van der Waals surface area contributed by atoms with Crippen molar-refractivity contribution in [3.63, 3.8) is 0 Å². The lowest BCUT2D eigenvalue weighted by atomic mass is 9.86. The van der Waals surface area contributed by atoms with Gasteiger partial charge < -0.3 is 20.1 Å². The molecule has 2 heterocycles. The van der Waals surface area contributed by atoms with Crippen LogP contribution in [0.5, 0.6) is 5.75 Å². The second kappa shape index (κ2) is 11.6. The fraction of sp³-hybridized carbons (Fsp3) is 0.483. The van der Waals surface area contributed by atoms with E-state index < -0.39 is 11.4 Å². The molecule has 0 saturated carbocycles. The van der Waals surface area contributed by atoms with E-state index in [1.807, 2.05) is 25.1 Å². The van der Waals surface area contributed by atoms with Crippen molar-refractivity contribution in [1.29, 1.82) is 0 Å². The molecule has 4 rings (SSSR count). The van der Waals surface area contributed by atoms with Gasteiger partial charge in [-0.15, -0.1) is 0 Å². The van der Waals surface area contributed by atoms with Crippen LogP contribution in [0.4, 0.5) is 8.78 Å². The van der Waals surface area contributed by atoms with E-state index in [2.05, 4.69) is 21.3 Å². The maximum absolute atomic E-state index is 15.2. The monoisotopic (exact) mass is 513 g/mol. The van der Waals surface area contributed by atoms with Crippen molar-refractivity contribution in [2.24, 2.45) is 5.41 Å². The summed E-state index contributed by atoms with van der Waals surface area (Å²) in [7, 11) is 0. The Morgan fingerprint density at radius 3 is 2.78 bits per heavy atom. The molecule has 8 heteroatoms. The Bertz CT molecular complexity index is 1240. The topological polar surface area (TPSA) is 77.6 Å². The van der Waals surface area contributed by atoms with Crippen LogP contribution in [0.25, 0.3) is 10.9 Å². The fourth-order valence-corrected chi connectivity index (χ4v) is 5.18. The van der Waals surface area contributed by atoms with Gasteiger partial charge in [0, 0.05) is 42.3 Å². The van der Waals surface area contributed by atoms with E-state index >= 15 is 4.39 Å². The largest absolute Gasteiger partial charge is 0.492 e. The van der Waals surface area contributed by atoms with E-state index in [4.69, 9.17) is 4.74 Å². The molecule has 1 aromatic heterocycles. The molecular formula is C29H37F2N3O3. The molecule has 3 aromatic rings. The summed E-state index contributed by atoms with van der Waals surface area (Å²) in [6.07, 6.45) is 1.60. The second-order valence-corrected chi connectivity index (χ2v) is 10.6. The molecule has 1 atom stereocenters. The maximum atomic E-state index is 15.2. The van der Waals surface area contributed by atoms with Crippen LogP contribution >= 0.6 is 0 Å². The Kier molecular flexibility index (Phi) is 8.49. The molecular weight excluding hydrogens is 476 g/mol. The molecule has 0 aliphatic carbocycles. The smallest absolute Gasteiger partial charge is 0.310 e. The van der Waals surface area contributed by atoms with Crippen LogP contribution in [0.15, 0.2) is 36.4 Å². The van der Waals surface area contributed by atoms with E-state index in [9.17, 15) is 14.3 Å². The number of hydrogen-bond donors (Lipinski definition) is 3. The first kappa shape index (κ1) is 27.1. The molecule has 6 nitrogen and oxygen atoms in total. The third kappa shape index (κ3) is 6.13.